The average molecular weight is 329 g/mol. The van der Waals surface area contributed by atoms with Crippen LogP contribution in [0.3, 0.4) is 0 Å². The van der Waals surface area contributed by atoms with Crippen LogP contribution in [0.5, 0.6) is 0 Å². The quantitative estimate of drug-likeness (QED) is 0.805. The van der Waals surface area contributed by atoms with E-state index < -0.39 is 0 Å². The molecular formula is C11H12IN3O. The summed E-state index contributed by atoms with van der Waals surface area (Å²) in [6, 6.07) is 3.59. The Labute approximate surface area is 108 Å². The van der Waals surface area contributed by atoms with E-state index in [1.807, 2.05) is 32.1 Å². The van der Waals surface area contributed by atoms with Crippen molar-refractivity contribution in [1.29, 1.82) is 0 Å². The Hall–Kier alpha value is -1.11. The van der Waals surface area contributed by atoms with E-state index >= 15 is 0 Å². The Morgan fingerprint density at radius 2 is 2.19 bits per heavy atom. The zero-order valence-corrected chi connectivity index (χ0v) is 11.2. The molecule has 4 nitrogen and oxygen atoms in total. The number of anilines is 1. The fourth-order valence-corrected chi connectivity index (χ4v) is 1.72. The van der Waals surface area contributed by atoms with Crippen LogP contribution in [0.1, 0.15) is 13.8 Å². The summed E-state index contributed by atoms with van der Waals surface area (Å²) < 4.78 is 1.04. The lowest BCUT2D eigenvalue weighted by molar-refractivity contribution is 0.240. The summed E-state index contributed by atoms with van der Waals surface area (Å²) in [5, 5.41) is 2.88. The molecule has 0 spiro atoms. The van der Waals surface area contributed by atoms with Gasteiger partial charge < -0.3 is 5.32 Å². The fourth-order valence-electron chi connectivity index (χ4n) is 1.40. The van der Waals surface area contributed by atoms with Gasteiger partial charge in [-0.2, -0.15) is 0 Å². The van der Waals surface area contributed by atoms with Gasteiger partial charge in [-0.1, -0.05) is 0 Å². The van der Waals surface area contributed by atoms with Crippen molar-refractivity contribution in [1.82, 2.24) is 10.3 Å². The summed E-state index contributed by atoms with van der Waals surface area (Å²) in [6.45, 7) is 3.89. The molecule has 0 bridgehead atoms. The predicted octanol–water partition coefficient (Wildman–Crippen LogP) is 2.51. The Kier molecular flexibility index (Phi) is 2.88. The van der Waals surface area contributed by atoms with E-state index in [9.17, 15) is 4.79 Å². The van der Waals surface area contributed by atoms with Crippen LogP contribution in [0.15, 0.2) is 30.6 Å². The maximum atomic E-state index is 11.8. The van der Waals surface area contributed by atoms with Crippen molar-refractivity contribution < 1.29 is 4.79 Å². The first-order valence-electron chi connectivity index (χ1n) is 4.90. The summed E-state index contributed by atoms with van der Waals surface area (Å²) in [5.41, 5.74) is -0.295. The second-order valence-electron chi connectivity index (χ2n) is 4.17. The maximum Gasteiger partial charge on any atom is 0.327 e. The molecule has 1 aromatic heterocycles. The normalized spacial score (nSPS) is 18.4. The zero-order valence-electron chi connectivity index (χ0n) is 9.07. The number of aromatic nitrogens is 1. The topological polar surface area (TPSA) is 45.2 Å². The molecule has 0 saturated heterocycles. The van der Waals surface area contributed by atoms with Gasteiger partial charge in [-0.05, 0) is 54.6 Å². The van der Waals surface area contributed by atoms with Crippen LogP contribution < -0.4 is 10.2 Å². The molecule has 16 heavy (non-hydrogen) atoms. The number of amides is 2. The molecule has 1 aromatic rings. The lowest BCUT2D eigenvalue weighted by Gasteiger charge is -2.31. The second-order valence-corrected chi connectivity index (χ2v) is 5.42. The van der Waals surface area contributed by atoms with Gasteiger partial charge in [-0.3, -0.25) is 4.90 Å². The Morgan fingerprint density at radius 1 is 1.44 bits per heavy atom. The van der Waals surface area contributed by atoms with Crippen molar-refractivity contribution in [3.05, 3.63) is 34.2 Å². The van der Waals surface area contributed by atoms with E-state index in [1.165, 1.54) is 4.90 Å². The zero-order chi connectivity index (χ0) is 11.8. The van der Waals surface area contributed by atoms with E-state index in [2.05, 4.69) is 32.9 Å². The van der Waals surface area contributed by atoms with Crippen molar-refractivity contribution in [2.75, 3.05) is 4.90 Å². The number of pyridine rings is 1. The number of halogens is 1. The molecule has 2 heterocycles. The van der Waals surface area contributed by atoms with Crippen LogP contribution in [0.4, 0.5) is 10.6 Å². The standard InChI is InChI=1S/C11H12IN3O/c1-11(2)5-6-15(10(16)14-11)9-4-3-8(12)7-13-9/h3-7H,1-2H3,(H,14,16). The molecular weight excluding hydrogens is 317 g/mol. The minimum Gasteiger partial charge on any atom is -0.329 e. The van der Waals surface area contributed by atoms with Crippen LogP contribution in [0, 0.1) is 3.57 Å². The lowest BCUT2D eigenvalue weighted by atomic mass is 10.0. The minimum atomic E-state index is -0.295. The average Bonchev–Trinajstić information content (AvgIpc) is 2.19. The third-order valence-electron chi connectivity index (χ3n) is 2.25. The van der Waals surface area contributed by atoms with Crippen LogP contribution >= 0.6 is 22.6 Å². The molecule has 1 aliphatic rings. The second kappa shape index (κ2) is 4.04. The van der Waals surface area contributed by atoms with Crippen molar-refractivity contribution >= 4 is 34.4 Å². The van der Waals surface area contributed by atoms with Gasteiger partial charge in [0.2, 0.25) is 0 Å². The molecule has 2 amide bonds. The third-order valence-corrected chi connectivity index (χ3v) is 2.88. The number of carbonyl (C=O) groups is 1. The molecule has 0 saturated carbocycles. The van der Waals surface area contributed by atoms with Crippen LogP contribution in [-0.2, 0) is 0 Å². The van der Waals surface area contributed by atoms with Gasteiger partial charge in [-0.25, -0.2) is 9.78 Å². The number of carbonyl (C=O) groups excluding carboxylic acids is 1. The monoisotopic (exact) mass is 329 g/mol. The Bertz CT molecular complexity index is 439. The van der Waals surface area contributed by atoms with Gasteiger partial charge in [0.05, 0.1) is 5.54 Å². The van der Waals surface area contributed by atoms with Crippen molar-refractivity contribution in [2.24, 2.45) is 0 Å². The van der Waals surface area contributed by atoms with E-state index in [4.69, 9.17) is 0 Å². The highest BCUT2D eigenvalue weighted by atomic mass is 127. The summed E-state index contributed by atoms with van der Waals surface area (Å²) in [5.74, 6) is 0.629. The van der Waals surface area contributed by atoms with Gasteiger partial charge in [-0.15, -0.1) is 0 Å². The molecule has 5 heteroatoms. The SMILES string of the molecule is CC1(C)C=CN(c2ccc(I)cn2)C(=O)N1. The molecule has 1 N–H and O–H groups in total. The summed E-state index contributed by atoms with van der Waals surface area (Å²) in [6.07, 6.45) is 5.43. The summed E-state index contributed by atoms with van der Waals surface area (Å²) in [4.78, 5) is 17.5. The number of nitrogens with one attached hydrogen (secondary N) is 1. The molecule has 0 atom stereocenters. The molecule has 1 aliphatic heterocycles. The van der Waals surface area contributed by atoms with E-state index in [0.29, 0.717) is 5.82 Å². The number of urea groups is 1. The van der Waals surface area contributed by atoms with E-state index in [1.54, 1.807) is 12.4 Å². The lowest BCUT2D eigenvalue weighted by Crippen LogP contribution is -2.51. The number of rotatable bonds is 1. The minimum absolute atomic E-state index is 0.152. The molecule has 0 aliphatic carbocycles. The molecule has 84 valence electrons. The van der Waals surface area contributed by atoms with Gasteiger partial charge in [0.15, 0.2) is 0 Å². The van der Waals surface area contributed by atoms with Crippen LogP contribution in [0.2, 0.25) is 0 Å². The van der Waals surface area contributed by atoms with Crippen molar-refractivity contribution in [3.8, 4) is 0 Å². The predicted molar refractivity (Wildman–Crippen MR) is 71.2 cm³/mol. The fraction of sp³-hybridized carbons (Fsp3) is 0.273. The maximum absolute atomic E-state index is 11.8. The number of nitrogens with zero attached hydrogens (tertiary/aromatic N) is 2. The highest BCUT2D eigenvalue weighted by Crippen LogP contribution is 2.18. The Morgan fingerprint density at radius 3 is 2.75 bits per heavy atom. The highest BCUT2D eigenvalue weighted by Gasteiger charge is 2.26. The van der Waals surface area contributed by atoms with Gasteiger partial charge in [0.1, 0.15) is 5.82 Å². The third kappa shape index (κ3) is 2.34. The smallest absolute Gasteiger partial charge is 0.327 e. The first kappa shape index (κ1) is 11.4. The largest absolute Gasteiger partial charge is 0.329 e. The molecule has 0 aromatic carbocycles. The number of hydrogen-bond donors (Lipinski definition) is 1. The molecule has 0 unspecified atom stereocenters. The van der Waals surface area contributed by atoms with E-state index in [-0.39, 0.29) is 11.6 Å². The number of hydrogen-bond acceptors (Lipinski definition) is 2. The van der Waals surface area contributed by atoms with Gasteiger partial charge in [0, 0.05) is 16.0 Å². The van der Waals surface area contributed by atoms with Gasteiger partial charge in [0.25, 0.3) is 0 Å². The molecule has 0 radical (unpaired) electrons. The summed E-state index contributed by atoms with van der Waals surface area (Å²) >= 11 is 2.18. The first-order chi connectivity index (χ1) is 7.48. The first-order valence-corrected chi connectivity index (χ1v) is 5.98. The molecule has 0 fully saturated rings. The van der Waals surface area contributed by atoms with Crippen LogP contribution in [-0.4, -0.2) is 16.6 Å². The van der Waals surface area contributed by atoms with Crippen molar-refractivity contribution in [2.45, 2.75) is 19.4 Å². The van der Waals surface area contributed by atoms with Crippen molar-refractivity contribution in [3.63, 3.8) is 0 Å². The highest BCUT2D eigenvalue weighted by molar-refractivity contribution is 14.1. The molecule has 2 rings (SSSR count). The Balaban J connectivity index is 2.29. The summed E-state index contributed by atoms with van der Waals surface area (Å²) in [7, 11) is 0. The van der Waals surface area contributed by atoms with E-state index in [0.717, 1.165) is 3.57 Å². The van der Waals surface area contributed by atoms with Crippen LogP contribution in [0.25, 0.3) is 0 Å². The van der Waals surface area contributed by atoms with Gasteiger partial charge >= 0.3 is 6.03 Å².